The lowest BCUT2D eigenvalue weighted by molar-refractivity contribution is 0.138. The van der Waals surface area contributed by atoms with Gasteiger partial charge in [0.25, 0.3) is 0 Å². The molecule has 1 fully saturated rings. The maximum absolute atomic E-state index is 5.65. The molecular weight excluding hydrogens is 264 g/mol. The summed E-state index contributed by atoms with van der Waals surface area (Å²) in [4.78, 5) is 2.46. The first-order valence-electron chi connectivity index (χ1n) is 7.76. The van der Waals surface area contributed by atoms with Gasteiger partial charge in [0.05, 0.1) is 12.9 Å². The highest BCUT2D eigenvalue weighted by Gasteiger charge is 2.19. The summed E-state index contributed by atoms with van der Waals surface area (Å²) in [6.07, 6.45) is 4.46. The maximum Gasteiger partial charge on any atom is 0.134 e. The Kier molecular flexibility index (Phi) is 4.91. The minimum atomic E-state index is 0.611. The number of rotatable bonds is 7. The quantitative estimate of drug-likeness (QED) is 0.850. The molecule has 0 saturated carbocycles. The molecule has 0 spiro atoms. The first-order chi connectivity index (χ1) is 10.4. The zero-order valence-corrected chi connectivity index (χ0v) is 12.7. The normalized spacial score (nSPS) is 18.9. The molecule has 1 saturated heterocycles. The van der Waals surface area contributed by atoms with Crippen LogP contribution >= 0.6 is 0 Å². The topological polar surface area (TPSA) is 37.6 Å². The Hall–Kier alpha value is -1.36. The van der Waals surface area contributed by atoms with Gasteiger partial charge < -0.3 is 14.5 Å². The number of fused-ring (bicyclic) bond motifs is 1. The molecule has 21 heavy (non-hydrogen) atoms. The molecule has 1 unspecified atom stereocenters. The Balaban J connectivity index is 1.70. The van der Waals surface area contributed by atoms with Crippen LogP contribution in [0.2, 0.25) is 0 Å². The van der Waals surface area contributed by atoms with Crippen LogP contribution in [-0.2, 0) is 11.3 Å². The van der Waals surface area contributed by atoms with Crippen LogP contribution in [0, 0.1) is 0 Å². The lowest BCUT2D eigenvalue weighted by Gasteiger charge is -2.25. The van der Waals surface area contributed by atoms with Gasteiger partial charge in [0.1, 0.15) is 5.58 Å². The second kappa shape index (κ2) is 7.07. The highest BCUT2D eigenvalue weighted by atomic mass is 16.5. The molecule has 0 aliphatic carbocycles. The van der Waals surface area contributed by atoms with Crippen LogP contribution in [0.1, 0.15) is 18.4 Å². The number of nitrogens with zero attached hydrogens (tertiary/aromatic N) is 1. The smallest absolute Gasteiger partial charge is 0.134 e. The fourth-order valence-corrected chi connectivity index (χ4v) is 3.08. The van der Waals surface area contributed by atoms with Crippen molar-refractivity contribution in [3.63, 3.8) is 0 Å². The highest BCUT2D eigenvalue weighted by molar-refractivity contribution is 5.80. The number of hydrogen-bond donors (Lipinski definition) is 1. The molecule has 2 aromatic rings. The van der Waals surface area contributed by atoms with Gasteiger partial charge in [-0.15, -0.1) is 0 Å². The SMILES string of the molecule is COCCN(Cc1coc2ccccc12)CC1CCCN1. The predicted octanol–water partition coefficient (Wildman–Crippen LogP) is 2.63. The van der Waals surface area contributed by atoms with Crippen molar-refractivity contribution in [3.8, 4) is 0 Å². The van der Waals surface area contributed by atoms with Crippen molar-refractivity contribution in [2.45, 2.75) is 25.4 Å². The standard InChI is InChI=1S/C17H24N2O2/c1-20-10-9-19(12-15-5-4-8-18-15)11-14-13-21-17-7-3-2-6-16(14)17/h2-3,6-7,13,15,18H,4-5,8-12H2,1H3. The summed E-state index contributed by atoms with van der Waals surface area (Å²) in [5.41, 5.74) is 2.23. The van der Waals surface area contributed by atoms with Crippen LogP contribution in [0.3, 0.4) is 0 Å². The van der Waals surface area contributed by atoms with Crippen LogP contribution in [0.25, 0.3) is 11.0 Å². The van der Waals surface area contributed by atoms with E-state index in [9.17, 15) is 0 Å². The van der Waals surface area contributed by atoms with Crippen LogP contribution in [0.4, 0.5) is 0 Å². The third kappa shape index (κ3) is 3.64. The molecule has 2 heterocycles. The summed E-state index contributed by atoms with van der Waals surface area (Å²) in [5, 5.41) is 4.80. The Morgan fingerprint density at radius 2 is 2.29 bits per heavy atom. The number of para-hydroxylation sites is 1. The molecule has 1 aliphatic heterocycles. The van der Waals surface area contributed by atoms with Gasteiger partial charge in [0.2, 0.25) is 0 Å². The van der Waals surface area contributed by atoms with Gasteiger partial charge in [-0.1, -0.05) is 18.2 Å². The minimum Gasteiger partial charge on any atom is -0.464 e. The van der Waals surface area contributed by atoms with E-state index < -0.39 is 0 Å². The Labute approximate surface area is 126 Å². The van der Waals surface area contributed by atoms with Gasteiger partial charge in [0, 0.05) is 43.7 Å². The van der Waals surface area contributed by atoms with Crippen molar-refractivity contribution < 1.29 is 9.15 Å². The van der Waals surface area contributed by atoms with E-state index in [1.807, 2.05) is 18.4 Å². The first kappa shape index (κ1) is 14.6. The molecule has 3 rings (SSSR count). The van der Waals surface area contributed by atoms with Gasteiger partial charge in [-0.25, -0.2) is 0 Å². The van der Waals surface area contributed by atoms with E-state index in [2.05, 4.69) is 22.3 Å². The molecule has 1 aromatic heterocycles. The Morgan fingerprint density at radius 1 is 1.38 bits per heavy atom. The molecule has 0 amide bonds. The number of methoxy groups -OCH3 is 1. The van der Waals surface area contributed by atoms with Crippen molar-refractivity contribution in [1.82, 2.24) is 10.2 Å². The van der Waals surface area contributed by atoms with Gasteiger partial charge in [0.15, 0.2) is 0 Å². The fourth-order valence-electron chi connectivity index (χ4n) is 3.08. The minimum absolute atomic E-state index is 0.611. The van der Waals surface area contributed by atoms with Crippen molar-refractivity contribution in [3.05, 3.63) is 36.1 Å². The average Bonchev–Trinajstić information content (AvgIpc) is 3.15. The second-order valence-corrected chi connectivity index (χ2v) is 5.78. The maximum atomic E-state index is 5.65. The molecule has 1 aromatic carbocycles. The lowest BCUT2D eigenvalue weighted by Crippen LogP contribution is -2.38. The molecule has 1 atom stereocenters. The summed E-state index contributed by atoms with van der Waals surface area (Å²) in [7, 11) is 1.76. The van der Waals surface area contributed by atoms with E-state index in [1.165, 1.54) is 23.8 Å². The van der Waals surface area contributed by atoms with Crippen LogP contribution in [0.5, 0.6) is 0 Å². The Morgan fingerprint density at radius 3 is 3.10 bits per heavy atom. The van der Waals surface area contributed by atoms with Crippen molar-refractivity contribution in [2.24, 2.45) is 0 Å². The van der Waals surface area contributed by atoms with Crippen molar-refractivity contribution in [2.75, 3.05) is 33.4 Å². The number of ether oxygens (including phenoxy) is 1. The summed E-state index contributed by atoms with van der Waals surface area (Å²) in [6, 6.07) is 8.85. The zero-order valence-electron chi connectivity index (χ0n) is 12.7. The van der Waals surface area contributed by atoms with E-state index in [1.54, 1.807) is 7.11 Å². The summed E-state index contributed by atoms with van der Waals surface area (Å²) >= 11 is 0. The van der Waals surface area contributed by atoms with Gasteiger partial charge >= 0.3 is 0 Å². The van der Waals surface area contributed by atoms with E-state index in [4.69, 9.17) is 9.15 Å². The molecule has 4 heteroatoms. The largest absolute Gasteiger partial charge is 0.464 e. The summed E-state index contributed by atoms with van der Waals surface area (Å²) in [6.45, 7) is 4.86. The number of hydrogen-bond acceptors (Lipinski definition) is 4. The highest BCUT2D eigenvalue weighted by Crippen LogP contribution is 2.22. The molecule has 1 N–H and O–H groups in total. The number of furan rings is 1. The average molecular weight is 288 g/mol. The van der Waals surface area contributed by atoms with E-state index >= 15 is 0 Å². The first-order valence-corrected chi connectivity index (χ1v) is 7.76. The van der Waals surface area contributed by atoms with Gasteiger partial charge in [-0.05, 0) is 25.5 Å². The van der Waals surface area contributed by atoms with Gasteiger partial charge in [-0.3, -0.25) is 4.90 Å². The van der Waals surface area contributed by atoms with Crippen LogP contribution < -0.4 is 5.32 Å². The number of benzene rings is 1. The third-order valence-electron chi connectivity index (χ3n) is 4.21. The van der Waals surface area contributed by atoms with Crippen LogP contribution in [-0.4, -0.2) is 44.3 Å². The molecule has 114 valence electrons. The van der Waals surface area contributed by atoms with Crippen LogP contribution in [0.15, 0.2) is 34.9 Å². The van der Waals surface area contributed by atoms with E-state index in [-0.39, 0.29) is 0 Å². The molecule has 0 radical (unpaired) electrons. The monoisotopic (exact) mass is 288 g/mol. The van der Waals surface area contributed by atoms with Gasteiger partial charge in [-0.2, -0.15) is 0 Å². The molecular formula is C17H24N2O2. The van der Waals surface area contributed by atoms with Crippen molar-refractivity contribution in [1.29, 1.82) is 0 Å². The molecule has 4 nitrogen and oxygen atoms in total. The summed E-state index contributed by atoms with van der Waals surface area (Å²) < 4.78 is 10.9. The molecule has 1 aliphatic rings. The van der Waals surface area contributed by atoms with Crippen molar-refractivity contribution >= 4 is 11.0 Å². The summed E-state index contributed by atoms with van der Waals surface area (Å²) in [5.74, 6) is 0. The van der Waals surface area contributed by atoms with E-state index in [0.717, 1.165) is 38.4 Å². The van der Waals surface area contributed by atoms with E-state index in [0.29, 0.717) is 6.04 Å². The second-order valence-electron chi connectivity index (χ2n) is 5.78. The number of nitrogens with one attached hydrogen (secondary N) is 1. The fraction of sp³-hybridized carbons (Fsp3) is 0.529. The third-order valence-corrected chi connectivity index (χ3v) is 4.21. The molecule has 0 bridgehead atoms. The Bertz CT molecular complexity index is 561. The lowest BCUT2D eigenvalue weighted by atomic mass is 10.1. The predicted molar refractivity (Wildman–Crippen MR) is 84.4 cm³/mol. The zero-order chi connectivity index (χ0) is 14.5.